The van der Waals surface area contributed by atoms with E-state index in [0.717, 1.165) is 13.0 Å². The van der Waals surface area contributed by atoms with Crippen LogP contribution in [0.25, 0.3) is 0 Å². The molecule has 0 aromatic heterocycles. The fourth-order valence-electron chi connectivity index (χ4n) is 2.09. The first-order valence-electron chi connectivity index (χ1n) is 8.47. The van der Waals surface area contributed by atoms with Gasteiger partial charge in [-0.25, -0.2) is 0 Å². The molecule has 0 aromatic rings. The van der Waals surface area contributed by atoms with E-state index in [9.17, 15) is 0 Å². The maximum atomic E-state index is 9.03. The van der Waals surface area contributed by atoms with Crippen molar-refractivity contribution in [1.29, 1.82) is 0 Å². The molecule has 1 aliphatic heterocycles. The number of epoxide rings is 1. The Labute approximate surface area is 120 Å². The second kappa shape index (κ2) is 14.3. The third-order valence-corrected chi connectivity index (χ3v) is 3.80. The molecule has 2 atom stereocenters. The molecule has 116 valence electrons. The third kappa shape index (κ3) is 15.9. The highest BCUT2D eigenvalue weighted by Crippen LogP contribution is 2.14. The summed E-state index contributed by atoms with van der Waals surface area (Å²) in [5, 5.41) is 9.03. The zero-order valence-corrected chi connectivity index (χ0v) is 13.5. The van der Waals surface area contributed by atoms with Crippen molar-refractivity contribution in [1.82, 2.24) is 0 Å². The Hall–Kier alpha value is -0.0800. The first-order chi connectivity index (χ1) is 9.24. The first-order valence-corrected chi connectivity index (χ1v) is 8.47. The smallest absolute Gasteiger partial charge is 0.0781 e. The van der Waals surface area contributed by atoms with Crippen LogP contribution in [0, 0.1) is 5.92 Å². The summed E-state index contributed by atoms with van der Waals surface area (Å²) in [4.78, 5) is 0. The van der Waals surface area contributed by atoms with Crippen molar-refractivity contribution in [2.45, 2.75) is 91.1 Å². The molecule has 0 radical (unpaired) electrons. The first kappa shape index (κ1) is 18.9. The molecule has 1 fully saturated rings. The Morgan fingerprint density at radius 3 is 1.84 bits per heavy atom. The quantitative estimate of drug-likeness (QED) is 0.427. The highest BCUT2D eigenvalue weighted by atomic mass is 16.6. The zero-order chi connectivity index (χ0) is 14.3. The molecule has 2 unspecified atom stereocenters. The van der Waals surface area contributed by atoms with Gasteiger partial charge in [0.1, 0.15) is 0 Å². The summed E-state index contributed by atoms with van der Waals surface area (Å²) in [6, 6.07) is 0. The van der Waals surface area contributed by atoms with E-state index in [2.05, 4.69) is 20.8 Å². The SMILES string of the molecule is CC1CO1.CCCCCCCCCCC(CC)CO. The molecule has 2 heteroatoms. The van der Waals surface area contributed by atoms with Crippen molar-refractivity contribution in [3.05, 3.63) is 0 Å². The van der Waals surface area contributed by atoms with Gasteiger partial charge >= 0.3 is 0 Å². The van der Waals surface area contributed by atoms with Gasteiger partial charge in [-0.1, -0.05) is 71.6 Å². The molecule has 1 saturated heterocycles. The highest BCUT2D eigenvalue weighted by molar-refractivity contribution is 4.58. The third-order valence-electron chi connectivity index (χ3n) is 3.80. The second-order valence-corrected chi connectivity index (χ2v) is 5.86. The standard InChI is InChI=1S/C14H30O.C3H6O/c1-3-5-6-7-8-9-10-11-12-14(4-2)13-15;1-3-2-4-3/h14-15H,3-13H2,1-2H3;3H,2H2,1H3. The normalized spacial score (nSPS) is 18.6. The number of rotatable bonds is 11. The van der Waals surface area contributed by atoms with Crippen LogP contribution in [-0.4, -0.2) is 24.4 Å². The molecule has 1 rings (SSSR count). The number of ether oxygens (including phenoxy) is 1. The molecule has 1 N–H and O–H groups in total. The van der Waals surface area contributed by atoms with Crippen molar-refractivity contribution < 1.29 is 9.84 Å². The minimum absolute atomic E-state index is 0.382. The molecule has 1 heterocycles. The van der Waals surface area contributed by atoms with Crippen LogP contribution < -0.4 is 0 Å². The van der Waals surface area contributed by atoms with Gasteiger partial charge in [0.15, 0.2) is 0 Å². The Balaban J connectivity index is 0.000000678. The Morgan fingerprint density at radius 1 is 1.00 bits per heavy atom. The molecule has 19 heavy (non-hydrogen) atoms. The predicted molar refractivity (Wildman–Crippen MR) is 83.5 cm³/mol. The van der Waals surface area contributed by atoms with Crippen LogP contribution in [-0.2, 0) is 4.74 Å². The lowest BCUT2D eigenvalue weighted by molar-refractivity contribution is 0.211. The van der Waals surface area contributed by atoms with Gasteiger partial charge in [0, 0.05) is 6.61 Å². The van der Waals surface area contributed by atoms with Crippen LogP contribution in [0.2, 0.25) is 0 Å². The highest BCUT2D eigenvalue weighted by Gasteiger charge is 2.13. The number of hydrogen-bond acceptors (Lipinski definition) is 2. The van der Waals surface area contributed by atoms with Gasteiger partial charge in [-0.3, -0.25) is 0 Å². The van der Waals surface area contributed by atoms with E-state index in [1.54, 1.807) is 0 Å². The molecular formula is C17H36O2. The molecule has 0 aliphatic carbocycles. The zero-order valence-electron chi connectivity index (χ0n) is 13.5. The van der Waals surface area contributed by atoms with Crippen LogP contribution in [0.1, 0.15) is 85.0 Å². The largest absolute Gasteiger partial charge is 0.396 e. The Morgan fingerprint density at radius 2 is 1.47 bits per heavy atom. The molecule has 2 nitrogen and oxygen atoms in total. The fraction of sp³-hybridized carbons (Fsp3) is 1.00. The van der Waals surface area contributed by atoms with Crippen molar-refractivity contribution in [3.63, 3.8) is 0 Å². The van der Waals surface area contributed by atoms with Gasteiger partial charge in [-0.15, -0.1) is 0 Å². The van der Waals surface area contributed by atoms with E-state index in [0.29, 0.717) is 18.6 Å². The monoisotopic (exact) mass is 272 g/mol. The summed E-state index contributed by atoms with van der Waals surface area (Å²) >= 11 is 0. The van der Waals surface area contributed by atoms with E-state index in [1.807, 2.05) is 0 Å². The lowest BCUT2D eigenvalue weighted by Crippen LogP contribution is -2.03. The average molecular weight is 272 g/mol. The van der Waals surface area contributed by atoms with Crippen LogP contribution in [0.15, 0.2) is 0 Å². The maximum Gasteiger partial charge on any atom is 0.0781 e. The van der Waals surface area contributed by atoms with Crippen molar-refractivity contribution in [2.24, 2.45) is 5.92 Å². The summed E-state index contributed by atoms with van der Waals surface area (Å²) in [5.41, 5.74) is 0. The van der Waals surface area contributed by atoms with E-state index >= 15 is 0 Å². The molecule has 0 bridgehead atoms. The molecule has 0 amide bonds. The van der Waals surface area contributed by atoms with E-state index in [4.69, 9.17) is 9.84 Å². The summed E-state index contributed by atoms with van der Waals surface area (Å²) < 4.78 is 4.71. The molecule has 1 aliphatic rings. The number of hydrogen-bond donors (Lipinski definition) is 1. The van der Waals surface area contributed by atoms with Crippen LogP contribution in [0.4, 0.5) is 0 Å². The lowest BCUT2D eigenvalue weighted by atomic mass is 9.98. The second-order valence-electron chi connectivity index (χ2n) is 5.86. The van der Waals surface area contributed by atoms with Crippen LogP contribution in [0.3, 0.4) is 0 Å². The van der Waals surface area contributed by atoms with Gasteiger partial charge in [0.25, 0.3) is 0 Å². The van der Waals surface area contributed by atoms with Crippen LogP contribution in [0.5, 0.6) is 0 Å². The Bertz CT molecular complexity index is 163. The van der Waals surface area contributed by atoms with Gasteiger partial charge in [0.05, 0.1) is 12.7 Å². The average Bonchev–Trinajstić information content (AvgIpc) is 3.20. The Kier molecular flexibility index (Phi) is 14.3. The maximum absolute atomic E-state index is 9.03. The minimum atomic E-state index is 0.382. The molecule has 0 saturated carbocycles. The van der Waals surface area contributed by atoms with Crippen molar-refractivity contribution >= 4 is 0 Å². The molecule has 0 aromatic carbocycles. The topological polar surface area (TPSA) is 32.8 Å². The van der Waals surface area contributed by atoms with Gasteiger partial charge in [-0.2, -0.15) is 0 Å². The van der Waals surface area contributed by atoms with Crippen molar-refractivity contribution in [3.8, 4) is 0 Å². The van der Waals surface area contributed by atoms with E-state index in [1.165, 1.54) is 57.8 Å². The van der Waals surface area contributed by atoms with Crippen LogP contribution >= 0.6 is 0 Å². The predicted octanol–water partition coefficient (Wildman–Crippen LogP) is 4.94. The molecular weight excluding hydrogens is 236 g/mol. The number of unbranched alkanes of at least 4 members (excludes halogenated alkanes) is 7. The molecule has 0 spiro atoms. The summed E-state index contributed by atoms with van der Waals surface area (Å²) in [7, 11) is 0. The minimum Gasteiger partial charge on any atom is -0.396 e. The van der Waals surface area contributed by atoms with Gasteiger partial charge < -0.3 is 9.84 Å². The lowest BCUT2D eigenvalue weighted by Gasteiger charge is -2.10. The fourth-order valence-corrected chi connectivity index (χ4v) is 2.09. The summed E-state index contributed by atoms with van der Waals surface area (Å²) in [5.74, 6) is 0.560. The van der Waals surface area contributed by atoms with Crippen molar-refractivity contribution in [2.75, 3.05) is 13.2 Å². The number of aliphatic hydroxyl groups excluding tert-OH is 1. The van der Waals surface area contributed by atoms with Gasteiger partial charge in [-0.05, 0) is 19.3 Å². The van der Waals surface area contributed by atoms with E-state index < -0.39 is 0 Å². The van der Waals surface area contributed by atoms with E-state index in [-0.39, 0.29) is 0 Å². The summed E-state index contributed by atoms with van der Waals surface area (Å²) in [6.07, 6.45) is 14.0. The van der Waals surface area contributed by atoms with Gasteiger partial charge in [0.2, 0.25) is 0 Å². The summed E-state index contributed by atoms with van der Waals surface area (Å²) in [6.45, 7) is 7.86. The number of aliphatic hydroxyl groups is 1.